The van der Waals surface area contributed by atoms with Crippen molar-refractivity contribution in [3.05, 3.63) is 59.4 Å². The van der Waals surface area contributed by atoms with Crippen molar-refractivity contribution < 1.29 is 9.59 Å². The lowest BCUT2D eigenvalue weighted by molar-refractivity contribution is 0.0566. The van der Waals surface area contributed by atoms with Crippen LogP contribution in [-0.2, 0) is 6.54 Å². The number of aromatic nitrogens is 2. The van der Waals surface area contributed by atoms with Crippen molar-refractivity contribution in [2.75, 3.05) is 11.9 Å². The molecule has 30 heavy (non-hydrogen) atoms. The summed E-state index contributed by atoms with van der Waals surface area (Å²) in [6.07, 6.45) is 5.85. The zero-order valence-electron chi connectivity index (χ0n) is 17.2. The van der Waals surface area contributed by atoms with Gasteiger partial charge in [-0.1, -0.05) is 37.0 Å². The predicted octanol–water partition coefficient (Wildman–Crippen LogP) is 4.39. The van der Waals surface area contributed by atoms with Gasteiger partial charge in [0.25, 0.3) is 11.8 Å². The predicted molar refractivity (Wildman–Crippen MR) is 117 cm³/mol. The van der Waals surface area contributed by atoms with E-state index >= 15 is 0 Å². The Morgan fingerprint density at radius 3 is 2.57 bits per heavy atom. The van der Waals surface area contributed by atoms with Gasteiger partial charge < -0.3 is 14.8 Å². The molecule has 2 amide bonds. The number of aryl methyl sites for hydroxylation is 1. The molecule has 0 bridgehead atoms. The first-order valence-electron chi connectivity index (χ1n) is 10.8. The van der Waals surface area contributed by atoms with Crippen LogP contribution in [0.25, 0.3) is 11.0 Å². The Balaban J connectivity index is 1.40. The van der Waals surface area contributed by atoms with Gasteiger partial charge in [0.1, 0.15) is 0 Å². The highest BCUT2D eigenvalue weighted by molar-refractivity contribution is 6.06. The number of carbonyl (C=O) groups excluding carboxylic acids is 2. The van der Waals surface area contributed by atoms with E-state index in [0.717, 1.165) is 42.7 Å². The van der Waals surface area contributed by atoms with Crippen LogP contribution in [0.5, 0.6) is 0 Å². The molecule has 1 aromatic heterocycles. The molecular formula is C24H26N4O2. The molecule has 2 heterocycles. The molecule has 0 spiro atoms. The average molecular weight is 402 g/mol. The number of nitrogens with one attached hydrogen (secondary N) is 1. The summed E-state index contributed by atoms with van der Waals surface area (Å²) in [5.74, 6) is 0.342. The van der Waals surface area contributed by atoms with Crippen LogP contribution in [0.2, 0.25) is 0 Å². The number of benzene rings is 2. The van der Waals surface area contributed by atoms with E-state index in [4.69, 9.17) is 0 Å². The first-order chi connectivity index (χ1) is 14.6. The number of fused-ring (bicyclic) bond motifs is 3. The number of hydrogen-bond acceptors (Lipinski definition) is 3. The van der Waals surface area contributed by atoms with Crippen LogP contribution in [0.1, 0.15) is 58.6 Å². The van der Waals surface area contributed by atoms with E-state index in [9.17, 15) is 9.59 Å². The van der Waals surface area contributed by atoms with Crippen LogP contribution in [0.15, 0.2) is 42.5 Å². The van der Waals surface area contributed by atoms with Crippen molar-refractivity contribution in [1.82, 2.24) is 14.5 Å². The number of anilines is 1. The summed E-state index contributed by atoms with van der Waals surface area (Å²) in [5, 5.41) is 2.92. The Morgan fingerprint density at radius 1 is 1.03 bits per heavy atom. The van der Waals surface area contributed by atoms with E-state index in [0.29, 0.717) is 22.9 Å². The second kappa shape index (κ2) is 7.59. The lowest BCUT2D eigenvalue weighted by Gasteiger charge is -2.36. The smallest absolute Gasteiger partial charge is 0.290 e. The standard InChI is InChI=1S/C24H26N4O2/c1-16-7-10-18(11-8-16)25-23(29)17-9-12-21-20(15-17)26-22-24(30)27(13-14-28(21)22)19-5-3-2-4-6-19/h7-12,15,19H,2-6,13-14H2,1H3,(H,25,29). The van der Waals surface area contributed by atoms with Crippen LogP contribution >= 0.6 is 0 Å². The maximum Gasteiger partial charge on any atom is 0.290 e. The normalized spacial score (nSPS) is 17.2. The van der Waals surface area contributed by atoms with E-state index in [1.807, 2.05) is 46.7 Å². The van der Waals surface area contributed by atoms with E-state index in [1.54, 1.807) is 12.1 Å². The molecular weight excluding hydrogens is 376 g/mol. The maximum absolute atomic E-state index is 13.1. The minimum Gasteiger partial charge on any atom is -0.331 e. The third-order valence-corrected chi connectivity index (χ3v) is 6.35. The number of carbonyl (C=O) groups is 2. The summed E-state index contributed by atoms with van der Waals surface area (Å²) in [5.41, 5.74) is 4.04. The largest absolute Gasteiger partial charge is 0.331 e. The van der Waals surface area contributed by atoms with Crippen LogP contribution in [0, 0.1) is 6.92 Å². The fourth-order valence-electron chi connectivity index (χ4n) is 4.68. The molecule has 0 atom stereocenters. The van der Waals surface area contributed by atoms with Crippen LogP contribution < -0.4 is 5.32 Å². The molecule has 2 aromatic carbocycles. The van der Waals surface area contributed by atoms with Crippen molar-refractivity contribution in [1.29, 1.82) is 0 Å². The Labute approximate surface area is 175 Å². The molecule has 0 radical (unpaired) electrons. The monoisotopic (exact) mass is 402 g/mol. The summed E-state index contributed by atoms with van der Waals surface area (Å²) in [4.78, 5) is 32.5. The minimum atomic E-state index is -0.179. The van der Waals surface area contributed by atoms with Gasteiger partial charge >= 0.3 is 0 Å². The van der Waals surface area contributed by atoms with Gasteiger partial charge in [0.05, 0.1) is 11.0 Å². The first kappa shape index (κ1) is 18.9. The van der Waals surface area contributed by atoms with Crippen LogP contribution in [-0.4, -0.2) is 38.9 Å². The molecule has 0 unspecified atom stereocenters. The first-order valence-corrected chi connectivity index (χ1v) is 10.8. The lowest BCUT2D eigenvalue weighted by Crippen LogP contribution is -2.47. The zero-order chi connectivity index (χ0) is 20.7. The topological polar surface area (TPSA) is 67.2 Å². The fourth-order valence-corrected chi connectivity index (χ4v) is 4.68. The van der Waals surface area contributed by atoms with Crippen molar-refractivity contribution >= 4 is 28.5 Å². The van der Waals surface area contributed by atoms with E-state index in [-0.39, 0.29) is 11.8 Å². The molecule has 1 aliphatic carbocycles. The summed E-state index contributed by atoms with van der Waals surface area (Å²) < 4.78 is 2.00. The van der Waals surface area contributed by atoms with Gasteiger partial charge in [0, 0.05) is 30.4 Å². The Bertz CT molecular complexity index is 1110. The van der Waals surface area contributed by atoms with E-state index < -0.39 is 0 Å². The quantitative estimate of drug-likeness (QED) is 0.707. The molecule has 2 aliphatic rings. The average Bonchev–Trinajstić information content (AvgIpc) is 3.15. The van der Waals surface area contributed by atoms with Gasteiger partial charge in [-0.3, -0.25) is 9.59 Å². The van der Waals surface area contributed by atoms with Crippen molar-refractivity contribution in [2.45, 2.75) is 51.6 Å². The molecule has 3 aromatic rings. The summed E-state index contributed by atoms with van der Waals surface area (Å²) in [6.45, 7) is 3.50. The summed E-state index contributed by atoms with van der Waals surface area (Å²) >= 11 is 0. The van der Waals surface area contributed by atoms with Crippen LogP contribution in [0.3, 0.4) is 0 Å². The van der Waals surface area contributed by atoms with Gasteiger partial charge in [0.15, 0.2) is 5.82 Å². The third-order valence-electron chi connectivity index (χ3n) is 6.35. The second-order valence-electron chi connectivity index (χ2n) is 8.40. The van der Waals surface area contributed by atoms with Crippen molar-refractivity contribution in [3.63, 3.8) is 0 Å². The Kier molecular flexibility index (Phi) is 4.77. The Hall–Kier alpha value is -3.15. The van der Waals surface area contributed by atoms with Gasteiger partial charge in [-0.2, -0.15) is 0 Å². The maximum atomic E-state index is 13.1. The summed E-state index contributed by atoms with van der Waals surface area (Å²) in [6, 6.07) is 13.5. The molecule has 1 fully saturated rings. The number of imidazole rings is 1. The van der Waals surface area contributed by atoms with Gasteiger partial charge in [-0.25, -0.2) is 4.98 Å². The number of amides is 2. The summed E-state index contributed by atoms with van der Waals surface area (Å²) in [7, 11) is 0. The molecule has 1 N–H and O–H groups in total. The number of hydrogen-bond donors (Lipinski definition) is 1. The number of nitrogens with zero attached hydrogens (tertiary/aromatic N) is 3. The molecule has 1 aliphatic heterocycles. The van der Waals surface area contributed by atoms with Gasteiger partial charge in [0.2, 0.25) is 0 Å². The SMILES string of the molecule is Cc1ccc(NC(=O)c2ccc3c(c2)nc2n3CCN(C3CCCCC3)C2=O)cc1. The molecule has 154 valence electrons. The lowest BCUT2D eigenvalue weighted by atomic mass is 9.94. The second-order valence-corrected chi connectivity index (χ2v) is 8.40. The Morgan fingerprint density at radius 2 is 1.80 bits per heavy atom. The van der Waals surface area contributed by atoms with E-state index in [1.165, 1.54) is 19.3 Å². The van der Waals surface area contributed by atoms with Gasteiger partial charge in [-0.05, 0) is 50.1 Å². The van der Waals surface area contributed by atoms with Gasteiger partial charge in [-0.15, -0.1) is 0 Å². The molecule has 1 saturated carbocycles. The van der Waals surface area contributed by atoms with E-state index in [2.05, 4.69) is 10.3 Å². The molecule has 6 heteroatoms. The minimum absolute atomic E-state index is 0.0232. The number of rotatable bonds is 3. The molecule has 0 saturated heterocycles. The highest BCUT2D eigenvalue weighted by Gasteiger charge is 2.33. The fraction of sp³-hybridized carbons (Fsp3) is 0.375. The third kappa shape index (κ3) is 3.36. The van der Waals surface area contributed by atoms with Crippen LogP contribution in [0.4, 0.5) is 5.69 Å². The molecule has 6 nitrogen and oxygen atoms in total. The highest BCUT2D eigenvalue weighted by atomic mass is 16.2. The van der Waals surface area contributed by atoms with Crippen molar-refractivity contribution in [3.8, 4) is 0 Å². The van der Waals surface area contributed by atoms with Crippen molar-refractivity contribution in [2.24, 2.45) is 0 Å². The zero-order valence-corrected chi connectivity index (χ0v) is 17.2. The highest BCUT2D eigenvalue weighted by Crippen LogP contribution is 2.28. The molecule has 5 rings (SSSR count).